The van der Waals surface area contributed by atoms with Gasteiger partial charge in [-0.2, -0.15) is 0 Å². The van der Waals surface area contributed by atoms with Gasteiger partial charge in [-0.25, -0.2) is 0 Å². The molecule has 0 unspecified atom stereocenters. The first kappa shape index (κ1) is 8.74. The molecule has 0 aliphatic carbocycles. The molecular formula is C7H7BrO2S. The highest BCUT2D eigenvalue weighted by molar-refractivity contribution is 9.11. The summed E-state index contributed by atoms with van der Waals surface area (Å²) in [5.41, 5.74) is 1.18. The number of halogens is 1. The zero-order chi connectivity index (χ0) is 8.27. The zero-order valence-corrected chi connectivity index (χ0v) is 8.37. The standard InChI is InChI=1S/C7H7BrO2S/c1-5-2-6(3-10-4-9)11-7(5)8/h2,4H,3H2,1H3. The maximum absolute atomic E-state index is 9.84. The molecule has 0 amide bonds. The first-order valence-corrected chi connectivity index (χ1v) is 4.65. The molecule has 1 heterocycles. The summed E-state index contributed by atoms with van der Waals surface area (Å²) in [7, 11) is 0. The van der Waals surface area contributed by atoms with Gasteiger partial charge in [-0.1, -0.05) is 0 Å². The third kappa shape index (κ3) is 2.31. The molecular weight excluding hydrogens is 228 g/mol. The van der Waals surface area contributed by atoms with Crippen molar-refractivity contribution in [3.8, 4) is 0 Å². The Morgan fingerprint density at radius 1 is 1.82 bits per heavy atom. The predicted molar refractivity (Wildman–Crippen MR) is 47.6 cm³/mol. The minimum atomic E-state index is 0.376. The topological polar surface area (TPSA) is 26.3 Å². The van der Waals surface area contributed by atoms with Crippen LogP contribution in [0.2, 0.25) is 0 Å². The number of carbonyl (C=O) groups is 1. The average molecular weight is 235 g/mol. The van der Waals surface area contributed by atoms with E-state index in [1.807, 2.05) is 13.0 Å². The lowest BCUT2D eigenvalue weighted by molar-refractivity contribution is -0.129. The molecule has 60 valence electrons. The van der Waals surface area contributed by atoms with E-state index in [0.29, 0.717) is 13.1 Å². The van der Waals surface area contributed by atoms with E-state index in [9.17, 15) is 4.79 Å². The van der Waals surface area contributed by atoms with Gasteiger partial charge in [0, 0.05) is 4.88 Å². The van der Waals surface area contributed by atoms with Gasteiger partial charge < -0.3 is 4.74 Å². The fourth-order valence-corrected chi connectivity index (χ4v) is 2.26. The molecule has 0 N–H and O–H groups in total. The summed E-state index contributed by atoms with van der Waals surface area (Å²) in [5.74, 6) is 0. The van der Waals surface area contributed by atoms with Crippen LogP contribution in [0.25, 0.3) is 0 Å². The molecule has 0 bridgehead atoms. The summed E-state index contributed by atoms with van der Waals surface area (Å²) < 4.78 is 5.70. The Labute approximate surface area is 77.3 Å². The van der Waals surface area contributed by atoms with Gasteiger partial charge in [-0.15, -0.1) is 11.3 Å². The molecule has 2 nitrogen and oxygen atoms in total. The Balaban J connectivity index is 2.64. The van der Waals surface area contributed by atoms with E-state index >= 15 is 0 Å². The Bertz CT molecular complexity index is 237. The van der Waals surface area contributed by atoms with Crippen molar-refractivity contribution in [2.75, 3.05) is 0 Å². The van der Waals surface area contributed by atoms with Crippen molar-refractivity contribution < 1.29 is 9.53 Å². The molecule has 0 radical (unpaired) electrons. The third-order valence-corrected chi connectivity index (χ3v) is 3.31. The summed E-state index contributed by atoms with van der Waals surface area (Å²) >= 11 is 4.97. The van der Waals surface area contributed by atoms with Crippen molar-refractivity contribution in [3.63, 3.8) is 0 Å². The Morgan fingerprint density at radius 3 is 3.00 bits per heavy atom. The van der Waals surface area contributed by atoms with Gasteiger partial charge in [0.2, 0.25) is 0 Å². The molecule has 1 aromatic rings. The second-order valence-electron chi connectivity index (χ2n) is 2.08. The van der Waals surface area contributed by atoms with Crippen molar-refractivity contribution in [1.82, 2.24) is 0 Å². The molecule has 0 fully saturated rings. The van der Waals surface area contributed by atoms with Gasteiger partial charge >= 0.3 is 0 Å². The second kappa shape index (κ2) is 3.88. The van der Waals surface area contributed by atoms with E-state index in [0.717, 1.165) is 8.66 Å². The van der Waals surface area contributed by atoms with Crippen LogP contribution in [0.4, 0.5) is 0 Å². The number of thiophene rings is 1. The Kier molecular flexibility index (Phi) is 3.08. The fourth-order valence-electron chi connectivity index (χ4n) is 0.711. The van der Waals surface area contributed by atoms with E-state index in [2.05, 4.69) is 20.7 Å². The lowest BCUT2D eigenvalue weighted by atomic mass is 10.3. The number of aryl methyl sites for hydroxylation is 1. The van der Waals surface area contributed by atoms with Crippen LogP contribution in [0.15, 0.2) is 9.85 Å². The summed E-state index contributed by atoms with van der Waals surface area (Å²) in [6.45, 7) is 2.84. The van der Waals surface area contributed by atoms with Gasteiger partial charge in [-0.3, -0.25) is 4.79 Å². The monoisotopic (exact) mass is 234 g/mol. The first-order chi connectivity index (χ1) is 5.24. The summed E-state index contributed by atoms with van der Waals surface area (Å²) in [6.07, 6.45) is 0. The van der Waals surface area contributed by atoms with Crippen LogP contribution in [0.5, 0.6) is 0 Å². The maximum Gasteiger partial charge on any atom is 0.293 e. The van der Waals surface area contributed by atoms with Gasteiger partial charge in [-0.05, 0) is 34.5 Å². The predicted octanol–water partition coefficient (Wildman–Crippen LogP) is 2.49. The van der Waals surface area contributed by atoms with E-state index in [1.165, 1.54) is 5.56 Å². The van der Waals surface area contributed by atoms with E-state index < -0.39 is 0 Å². The minimum Gasteiger partial charge on any atom is -0.462 e. The molecule has 0 atom stereocenters. The van der Waals surface area contributed by atoms with Gasteiger partial charge in [0.1, 0.15) is 6.61 Å². The normalized spacial score (nSPS) is 9.64. The third-order valence-electron chi connectivity index (χ3n) is 1.20. The van der Waals surface area contributed by atoms with Crippen molar-refractivity contribution in [3.05, 3.63) is 20.3 Å². The van der Waals surface area contributed by atoms with Crippen LogP contribution in [-0.4, -0.2) is 6.47 Å². The van der Waals surface area contributed by atoms with E-state index in [1.54, 1.807) is 11.3 Å². The molecule has 0 saturated carbocycles. The molecule has 0 aliphatic rings. The van der Waals surface area contributed by atoms with Gasteiger partial charge in [0.05, 0.1) is 3.79 Å². The van der Waals surface area contributed by atoms with Crippen molar-refractivity contribution in [2.45, 2.75) is 13.5 Å². The number of hydrogen-bond donors (Lipinski definition) is 0. The lowest BCUT2D eigenvalue weighted by Gasteiger charge is -1.90. The highest BCUT2D eigenvalue weighted by atomic mass is 79.9. The molecule has 0 aromatic carbocycles. The second-order valence-corrected chi connectivity index (χ2v) is 4.53. The lowest BCUT2D eigenvalue weighted by Crippen LogP contribution is -1.84. The van der Waals surface area contributed by atoms with Crippen LogP contribution < -0.4 is 0 Å². The van der Waals surface area contributed by atoms with Crippen LogP contribution in [0.3, 0.4) is 0 Å². The molecule has 1 rings (SSSR count). The molecule has 4 heteroatoms. The molecule has 11 heavy (non-hydrogen) atoms. The van der Waals surface area contributed by atoms with Crippen LogP contribution in [0, 0.1) is 6.92 Å². The molecule has 1 aromatic heterocycles. The molecule has 0 saturated heterocycles. The molecule has 0 aliphatic heterocycles. The largest absolute Gasteiger partial charge is 0.462 e. The van der Waals surface area contributed by atoms with Crippen LogP contribution >= 0.6 is 27.3 Å². The Morgan fingerprint density at radius 2 is 2.55 bits per heavy atom. The highest BCUT2D eigenvalue weighted by Gasteiger charge is 2.01. The minimum absolute atomic E-state index is 0.376. The van der Waals surface area contributed by atoms with Crippen LogP contribution in [-0.2, 0) is 16.1 Å². The van der Waals surface area contributed by atoms with Crippen molar-refractivity contribution in [1.29, 1.82) is 0 Å². The molecule has 0 spiro atoms. The Hall–Kier alpha value is -0.350. The first-order valence-electron chi connectivity index (χ1n) is 3.04. The average Bonchev–Trinajstić information content (AvgIpc) is 2.28. The van der Waals surface area contributed by atoms with Crippen LogP contribution in [0.1, 0.15) is 10.4 Å². The number of hydrogen-bond acceptors (Lipinski definition) is 3. The smallest absolute Gasteiger partial charge is 0.293 e. The number of rotatable bonds is 3. The van der Waals surface area contributed by atoms with Gasteiger partial charge in [0.15, 0.2) is 0 Å². The number of ether oxygens (including phenoxy) is 1. The fraction of sp³-hybridized carbons (Fsp3) is 0.286. The SMILES string of the molecule is Cc1cc(COC=O)sc1Br. The number of carbonyl (C=O) groups excluding carboxylic acids is 1. The van der Waals surface area contributed by atoms with Gasteiger partial charge in [0.25, 0.3) is 6.47 Å². The zero-order valence-electron chi connectivity index (χ0n) is 5.96. The maximum atomic E-state index is 9.84. The summed E-state index contributed by atoms with van der Waals surface area (Å²) in [4.78, 5) is 10.9. The summed E-state index contributed by atoms with van der Waals surface area (Å²) in [6, 6.07) is 2.00. The van der Waals surface area contributed by atoms with E-state index in [-0.39, 0.29) is 0 Å². The van der Waals surface area contributed by atoms with Crippen molar-refractivity contribution >= 4 is 33.7 Å². The summed E-state index contributed by atoms with van der Waals surface area (Å²) in [5, 5.41) is 0. The van der Waals surface area contributed by atoms with Crippen molar-refractivity contribution in [2.24, 2.45) is 0 Å². The highest BCUT2D eigenvalue weighted by Crippen LogP contribution is 2.27. The van der Waals surface area contributed by atoms with E-state index in [4.69, 9.17) is 0 Å². The quantitative estimate of drug-likeness (QED) is 0.752.